The molecule has 0 aliphatic heterocycles. The van der Waals surface area contributed by atoms with Crippen LogP contribution in [0.4, 0.5) is 13.2 Å². The summed E-state index contributed by atoms with van der Waals surface area (Å²) in [6.07, 6.45) is 3.10. The molecule has 0 saturated carbocycles. The van der Waals surface area contributed by atoms with E-state index in [1.54, 1.807) is 31.2 Å². The largest absolute Gasteiger partial charge is 0.401 e. The number of halogens is 3. The van der Waals surface area contributed by atoms with Gasteiger partial charge in [-0.05, 0) is 13.3 Å². The number of allylic oxidation sites excluding steroid dienone is 3. The molecule has 1 N–H and O–H groups in total. The van der Waals surface area contributed by atoms with Gasteiger partial charge in [-0.3, -0.25) is 0 Å². The predicted octanol–water partition coefficient (Wildman–Crippen LogP) is 2.55. The average molecular weight is 230 g/mol. The van der Waals surface area contributed by atoms with Gasteiger partial charge in [0.15, 0.2) is 0 Å². The van der Waals surface area contributed by atoms with Crippen molar-refractivity contribution in [2.45, 2.75) is 25.6 Å². The number of nitrogens with one attached hydrogen (secondary N) is 1. The summed E-state index contributed by atoms with van der Waals surface area (Å²) < 4.78 is 36.1. The second-order valence-electron chi connectivity index (χ2n) is 3.86. The molecule has 1 aliphatic carbocycles. The lowest BCUT2D eigenvalue weighted by Crippen LogP contribution is -2.45. The van der Waals surface area contributed by atoms with Gasteiger partial charge in [0.25, 0.3) is 0 Å². The van der Waals surface area contributed by atoms with Crippen molar-refractivity contribution in [3.05, 3.63) is 24.3 Å². The standard InChI is InChI=1S/C11H13F3N2/c1-9(16-8-11(12,13)14)10(7-15)5-3-2-4-6-10/h2-5,9,16H,6,8H2,1H3. The summed E-state index contributed by atoms with van der Waals surface area (Å²) in [4.78, 5) is 0. The first-order valence-electron chi connectivity index (χ1n) is 4.95. The van der Waals surface area contributed by atoms with Gasteiger partial charge in [-0.15, -0.1) is 0 Å². The molecule has 1 aliphatic rings. The van der Waals surface area contributed by atoms with Gasteiger partial charge in [-0.25, -0.2) is 0 Å². The molecule has 0 bridgehead atoms. The lowest BCUT2D eigenvalue weighted by molar-refractivity contribution is -0.126. The Labute approximate surface area is 92.4 Å². The van der Waals surface area contributed by atoms with Crippen LogP contribution in [-0.2, 0) is 0 Å². The van der Waals surface area contributed by atoms with Crippen molar-refractivity contribution in [2.75, 3.05) is 6.54 Å². The Morgan fingerprint density at radius 3 is 2.62 bits per heavy atom. The molecular weight excluding hydrogens is 217 g/mol. The first-order chi connectivity index (χ1) is 7.40. The number of nitrogens with zero attached hydrogens (tertiary/aromatic N) is 1. The molecule has 0 spiro atoms. The molecule has 0 aromatic heterocycles. The van der Waals surface area contributed by atoms with Gasteiger partial charge < -0.3 is 5.32 Å². The molecule has 1 rings (SSSR count). The van der Waals surface area contributed by atoms with E-state index in [-0.39, 0.29) is 0 Å². The highest BCUT2D eigenvalue weighted by Crippen LogP contribution is 2.31. The van der Waals surface area contributed by atoms with Crippen molar-refractivity contribution in [1.29, 1.82) is 5.26 Å². The molecule has 0 amide bonds. The fourth-order valence-electron chi connectivity index (χ4n) is 1.59. The average Bonchev–Trinajstić information content (AvgIpc) is 2.25. The highest BCUT2D eigenvalue weighted by atomic mass is 19.4. The molecule has 0 aromatic carbocycles. The van der Waals surface area contributed by atoms with Crippen LogP contribution in [0.25, 0.3) is 0 Å². The Balaban J connectivity index is 2.65. The smallest absolute Gasteiger partial charge is 0.304 e. The summed E-state index contributed by atoms with van der Waals surface area (Å²) in [6, 6.07) is 1.54. The number of hydrogen-bond acceptors (Lipinski definition) is 2. The maximum Gasteiger partial charge on any atom is 0.401 e. The van der Waals surface area contributed by atoms with Crippen molar-refractivity contribution in [3.63, 3.8) is 0 Å². The lowest BCUT2D eigenvalue weighted by Gasteiger charge is -2.31. The van der Waals surface area contributed by atoms with Gasteiger partial charge in [0.2, 0.25) is 0 Å². The fraction of sp³-hybridized carbons (Fsp3) is 0.545. The van der Waals surface area contributed by atoms with Gasteiger partial charge in [0.1, 0.15) is 0 Å². The van der Waals surface area contributed by atoms with Gasteiger partial charge in [-0.2, -0.15) is 18.4 Å². The molecule has 0 saturated heterocycles. The fourth-order valence-corrected chi connectivity index (χ4v) is 1.59. The van der Waals surface area contributed by atoms with Gasteiger partial charge >= 0.3 is 6.18 Å². The van der Waals surface area contributed by atoms with E-state index in [9.17, 15) is 13.2 Å². The maximum atomic E-state index is 12.0. The highest BCUT2D eigenvalue weighted by molar-refractivity contribution is 5.26. The second kappa shape index (κ2) is 4.71. The molecule has 5 heteroatoms. The van der Waals surface area contributed by atoms with Crippen LogP contribution in [0, 0.1) is 16.7 Å². The zero-order chi connectivity index (χ0) is 12.2. The van der Waals surface area contributed by atoms with E-state index in [0.717, 1.165) is 0 Å². The van der Waals surface area contributed by atoms with Gasteiger partial charge in [0, 0.05) is 6.04 Å². The Kier molecular flexibility index (Phi) is 3.76. The Morgan fingerprint density at radius 1 is 1.50 bits per heavy atom. The molecular formula is C11H13F3N2. The summed E-state index contributed by atoms with van der Waals surface area (Å²) in [7, 11) is 0. The number of alkyl halides is 3. The molecule has 2 atom stereocenters. The number of rotatable bonds is 3. The zero-order valence-electron chi connectivity index (χ0n) is 8.88. The molecule has 88 valence electrons. The first kappa shape index (κ1) is 12.8. The quantitative estimate of drug-likeness (QED) is 0.808. The van der Waals surface area contributed by atoms with Crippen molar-refractivity contribution in [1.82, 2.24) is 5.32 Å². The third kappa shape index (κ3) is 3.11. The van der Waals surface area contributed by atoms with Crippen molar-refractivity contribution in [3.8, 4) is 6.07 Å². The summed E-state index contributed by atoms with van der Waals surface area (Å²) >= 11 is 0. The molecule has 0 radical (unpaired) electrons. The summed E-state index contributed by atoms with van der Waals surface area (Å²) in [6.45, 7) is 0.521. The van der Waals surface area contributed by atoms with Crippen LogP contribution in [-0.4, -0.2) is 18.8 Å². The van der Waals surface area contributed by atoms with Gasteiger partial charge in [-0.1, -0.05) is 24.3 Å². The van der Waals surface area contributed by atoms with Crippen LogP contribution in [0.1, 0.15) is 13.3 Å². The van der Waals surface area contributed by atoms with E-state index in [1.807, 2.05) is 0 Å². The number of hydrogen-bond donors (Lipinski definition) is 1. The van der Waals surface area contributed by atoms with Crippen LogP contribution in [0.3, 0.4) is 0 Å². The van der Waals surface area contributed by atoms with E-state index in [0.29, 0.717) is 6.42 Å². The minimum Gasteiger partial charge on any atom is -0.304 e. The van der Waals surface area contributed by atoms with E-state index >= 15 is 0 Å². The van der Waals surface area contributed by atoms with E-state index in [2.05, 4.69) is 11.4 Å². The van der Waals surface area contributed by atoms with Crippen LogP contribution in [0.2, 0.25) is 0 Å². The Bertz CT molecular complexity index is 338. The topological polar surface area (TPSA) is 35.8 Å². The summed E-state index contributed by atoms with van der Waals surface area (Å²) in [5, 5.41) is 11.4. The lowest BCUT2D eigenvalue weighted by atomic mass is 9.77. The minimum atomic E-state index is -4.25. The Morgan fingerprint density at radius 2 is 2.19 bits per heavy atom. The molecule has 0 fully saturated rings. The van der Waals surface area contributed by atoms with Gasteiger partial charge in [0.05, 0.1) is 18.0 Å². The summed E-state index contributed by atoms with van der Waals surface area (Å²) in [5.74, 6) is 0. The predicted molar refractivity (Wildman–Crippen MR) is 54.5 cm³/mol. The molecule has 2 nitrogen and oxygen atoms in total. The van der Waals surface area contributed by atoms with Crippen LogP contribution < -0.4 is 5.32 Å². The monoisotopic (exact) mass is 230 g/mol. The second-order valence-corrected chi connectivity index (χ2v) is 3.86. The normalized spacial score (nSPS) is 26.4. The van der Waals surface area contributed by atoms with Crippen molar-refractivity contribution >= 4 is 0 Å². The minimum absolute atomic E-state index is 0.437. The van der Waals surface area contributed by atoms with Crippen LogP contribution >= 0.6 is 0 Å². The first-order valence-corrected chi connectivity index (χ1v) is 4.95. The molecule has 0 aromatic rings. The van der Waals surface area contributed by atoms with E-state index < -0.39 is 24.2 Å². The van der Waals surface area contributed by atoms with E-state index in [1.165, 1.54) is 0 Å². The van der Waals surface area contributed by atoms with Crippen molar-refractivity contribution < 1.29 is 13.2 Å². The zero-order valence-corrected chi connectivity index (χ0v) is 8.88. The SMILES string of the molecule is CC(NCC(F)(F)F)C1(C#N)C=CC=CC1. The molecule has 16 heavy (non-hydrogen) atoms. The Hall–Kier alpha value is -1.28. The van der Waals surface area contributed by atoms with Crippen LogP contribution in [0.5, 0.6) is 0 Å². The van der Waals surface area contributed by atoms with Crippen molar-refractivity contribution in [2.24, 2.45) is 5.41 Å². The number of nitriles is 1. The third-order valence-electron chi connectivity index (χ3n) is 2.69. The van der Waals surface area contributed by atoms with E-state index in [4.69, 9.17) is 5.26 Å². The summed E-state index contributed by atoms with van der Waals surface area (Å²) in [5.41, 5.74) is -0.875. The maximum absolute atomic E-state index is 12.0. The molecule has 2 unspecified atom stereocenters. The highest BCUT2D eigenvalue weighted by Gasteiger charge is 2.36. The third-order valence-corrected chi connectivity index (χ3v) is 2.69. The molecule has 0 heterocycles. The van der Waals surface area contributed by atoms with Crippen LogP contribution in [0.15, 0.2) is 24.3 Å².